The van der Waals surface area contributed by atoms with Crippen molar-refractivity contribution < 1.29 is 9.90 Å². The lowest BCUT2D eigenvalue weighted by Crippen LogP contribution is -2.49. The van der Waals surface area contributed by atoms with E-state index >= 15 is 0 Å². The molecular formula is C24H17N5O2S. The quantitative estimate of drug-likeness (QED) is 0.599. The Hall–Kier alpha value is -4.04. The molecule has 156 valence electrons. The second-order valence-electron chi connectivity index (χ2n) is 7.57. The molecule has 0 saturated heterocycles. The van der Waals surface area contributed by atoms with Gasteiger partial charge in [0.1, 0.15) is 11.5 Å². The molecule has 2 aliphatic heterocycles. The topological polar surface area (TPSA) is 90.2 Å². The van der Waals surface area contributed by atoms with Gasteiger partial charge in [-0.2, -0.15) is 5.10 Å². The van der Waals surface area contributed by atoms with Crippen molar-refractivity contribution in [3.05, 3.63) is 83.8 Å². The molecular weight excluding hydrogens is 422 g/mol. The van der Waals surface area contributed by atoms with Crippen molar-refractivity contribution in [2.45, 2.75) is 6.17 Å². The molecule has 0 fully saturated rings. The van der Waals surface area contributed by atoms with Gasteiger partial charge in [0.05, 0.1) is 23.0 Å². The van der Waals surface area contributed by atoms with Crippen molar-refractivity contribution in [2.75, 3.05) is 10.3 Å². The number of hydrogen-bond donors (Lipinski definition) is 2. The number of anilines is 2. The Kier molecular flexibility index (Phi) is 4.26. The third kappa shape index (κ3) is 2.96. The number of nitrogens with one attached hydrogen (secondary N) is 1. The van der Waals surface area contributed by atoms with Gasteiger partial charge in [-0.25, -0.2) is 4.98 Å². The minimum absolute atomic E-state index is 0.00196. The second-order valence-corrected chi connectivity index (χ2v) is 8.43. The molecule has 3 aliphatic rings. The molecule has 8 heteroatoms. The minimum Gasteiger partial charge on any atom is -0.508 e. The van der Waals surface area contributed by atoms with E-state index in [0.717, 1.165) is 28.2 Å². The number of aromatic hydroxyl groups is 1. The predicted octanol–water partition coefficient (Wildman–Crippen LogP) is 4.20. The number of benzene rings is 2. The van der Waals surface area contributed by atoms with Gasteiger partial charge in [0, 0.05) is 16.5 Å². The molecule has 6 rings (SSSR count). The smallest absolute Gasteiger partial charge is 0.242 e. The van der Waals surface area contributed by atoms with Crippen LogP contribution in [0.5, 0.6) is 5.75 Å². The lowest BCUT2D eigenvalue weighted by Gasteiger charge is -2.32. The lowest BCUT2D eigenvalue weighted by molar-refractivity contribution is -0.119. The normalized spacial score (nSPS) is 21.9. The fraction of sp³-hybridized carbons (Fsp3) is 0.0833. The van der Waals surface area contributed by atoms with Crippen molar-refractivity contribution >= 4 is 39.5 Å². The van der Waals surface area contributed by atoms with E-state index in [1.807, 2.05) is 66.1 Å². The number of hydrogen-bond acceptors (Lipinski definition) is 7. The third-order valence-corrected chi connectivity index (χ3v) is 6.39. The van der Waals surface area contributed by atoms with Gasteiger partial charge >= 0.3 is 0 Å². The van der Waals surface area contributed by atoms with Crippen LogP contribution < -0.4 is 10.3 Å². The van der Waals surface area contributed by atoms with Crippen LogP contribution in [-0.4, -0.2) is 33.6 Å². The van der Waals surface area contributed by atoms with Crippen molar-refractivity contribution in [3.8, 4) is 17.0 Å². The Morgan fingerprint density at radius 3 is 2.81 bits per heavy atom. The number of rotatable bonds is 3. The van der Waals surface area contributed by atoms with Crippen molar-refractivity contribution in [3.63, 3.8) is 0 Å². The molecule has 2 atom stereocenters. The molecule has 7 nitrogen and oxygen atoms in total. The first-order chi connectivity index (χ1) is 15.7. The summed E-state index contributed by atoms with van der Waals surface area (Å²) in [4.78, 5) is 24.4. The number of aliphatic imine (C=N–C) groups is 1. The number of nitrogens with zero attached hydrogens (tertiary/aromatic N) is 4. The van der Waals surface area contributed by atoms with E-state index in [-0.39, 0.29) is 17.6 Å². The molecule has 0 bridgehead atoms. The first kappa shape index (κ1) is 18.7. The third-order valence-electron chi connectivity index (χ3n) is 5.64. The number of amides is 1. The largest absolute Gasteiger partial charge is 0.508 e. The molecule has 1 aromatic heterocycles. The minimum atomic E-state index is -0.508. The van der Waals surface area contributed by atoms with Gasteiger partial charge in [-0.15, -0.1) is 11.3 Å². The average Bonchev–Trinajstić information content (AvgIpc) is 3.41. The standard InChI is InChI=1S/C24H17N5O2S/c30-15-11-9-14(10-12-15)19-13-32-24(26-19)28-27-21-17-6-2-4-8-20(17)29-22(21)25-18-7-3-1-5-16(18)23(29)31/h1-13,16,22,30H,(H,26,28)/b27-21-. The number of fused-ring (bicyclic) bond motifs is 4. The molecule has 1 aliphatic carbocycles. The fourth-order valence-electron chi connectivity index (χ4n) is 4.12. The molecule has 0 radical (unpaired) electrons. The van der Waals surface area contributed by atoms with Crippen molar-refractivity contribution in [2.24, 2.45) is 16.0 Å². The van der Waals surface area contributed by atoms with E-state index in [2.05, 4.69) is 15.5 Å². The summed E-state index contributed by atoms with van der Waals surface area (Å²) in [5.41, 5.74) is 7.89. The first-order valence-corrected chi connectivity index (χ1v) is 11.0. The maximum atomic E-state index is 13.3. The van der Waals surface area contributed by atoms with Gasteiger partial charge in [-0.3, -0.25) is 20.1 Å². The monoisotopic (exact) mass is 439 g/mol. The molecule has 1 amide bonds. The summed E-state index contributed by atoms with van der Waals surface area (Å²) in [7, 11) is 0. The summed E-state index contributed by atoms with van der Waals surface area (Å²) in [6, 6.07) is 14.6. The summed E-state index contributed by atoms with van der Waals surface area (Å²) in [5, 5.41) is 16.7. The number of phenolic OH excluding ortho intramolecular Hbond substituents is 1. The van der Waals surface area contributed by atoms with Crippen LogP contribution >= 0.6 is 11.3 Å². The fourth-order valence-corrected chi connectivity index (χ4v) is 4.78. The maximum Gasteiger partial charge on any atom is 0.242 e. The SMILES string of the molecule is O=C1C2C=CC=CC2=NC2/C(=N\Nc3nc(-c4ccc(O)cc4)cs3)c3ccccc3N12. The van der Waals surface area contributed by atoms with E-state index in [4.69, 9.17) is 4.99 Å². The zero-order valence-corrected chi connectivity index (χ0v) is 17.5. The number of para-hydroxylation sites is 1. The van der Waals surface area contributed by atoms with Crippen LogP contribution in [0.3, 0.4) is 0 Å². The molecule has 2 unspecified atom stereocenters. The van der Waals surface area contributed by atoms with E-state index in [1.165, 1.54) is 11.3 Å². The molecule has 0 spiro atoms. The Morgan fingerprint density at radius 2 is 1.94 bits per heavy atom. The van der Waals surface area contributed by atoms with Gasteiger partial charge in [-0.05, 0) is 36.4 Å². The van der Waals surface area contributed by atoms with E-state index < -0.39 is 6.17 Å². The number of hydrazone groups is 1. The Labute approximate surface area is 187 Å². The highest BCUT2D eigenvalue weighted by Crippen LogP contribution is 2.38. The van der Waals surface area contributed by atoms with Crippen molar-refractivity contribution in [1.82, 2.24) is 4.98 Å². The summed E-state index contributed by atoms with van der Waals surface area (Å²) in [6.45, 7) is 0. The van der Waals surface area contributed by atoms with Crippen LogP contribution in [0.25, 0.3) is 11.3 Å². The van der Waals surface area contributed by atoms with Gasteiger partial charge in [0.25, 0.3) is 0 Å². The number of carbonyl (C=O) groups excluding carboxylic acids is 1. The zero-order chi connectivity index (χ0) is 21.7. The highest BCUT2D eigenvalue weighted by Gasteiger charge is 2.45. The Morgan fingerprint density at radius 1 is 1.09 bits per heavy atom. The summed E-state index contributed by atoms with van der Waals surface area (Å²) in [6.07, 6.45) is 7.04. The highest BCUT2D eigenvalue weighted by atomic mass is 32.1. The summed E-state index contributed by atoms with van der Waals surface area (Å²) in [5.74, 6) is -0.141. The average molecular weight is 440 g/mol. The number of allylic oxidation sites excluding steroid dienone is 3. The predicted molar refractivity (Wildman–Crippen MR) is 126 cm³/mol. The number of aromatic nitrogens is 1. The van der Waals surface area contributed by atoms with Crippen LogP contribution in [0.1, 0.15) is 5.56 Å². The molecule has 2 aromatic carbocycles. The Bertz CT molecular complexity index is 1350. The van der Waals surface area contributed by atoms with Crippen LogP contribution in [-0.2, 0) is 4.79 Å². The summed E-state index contributed by atoms with van der Waals surface area (Å²) >= 11 is 1.43. The van der Waals surface area contributed by atoms with Crippen molar-refractivity contribution in [1.29, 1.82) is 0 Å². The lowest BCUT2D eigenvalue weighted by atomic mass is 9.94. The second kappa shape index (κ2) is 7.28. The number of thiazole rings is 1. The van der Waals surface area contributed by atoms with E-state index in [0.29, 0.717) is 10.8 Å². The van der Waals surface area contributed by atoms with E-state index in [9.17, 15) is 9.90 Å². The van der Waals surface area contributed by atoms with Gasteiger partial charge in [0.15, 0.2) is 6.17 Å². The number of phenols is 1. The first-order valence-electron chi connectivity index (χ1n) is 10.1. The molecule has 32 heavy (non-hydrogen) atoms. The molecule has 3 aromatic rings. The van der Waals surface area contributed by atoms with Gasteiger partial charge in [-0.1, -0.05) is 36.4 Å². The maximum absolute atomic E-state index is 13.3. The molecule has 3 heterocycles. The van der Waals surface area contributed by atoms with Gasteiger partial charge < -0.3 is 5.11 Å². The molecule has 0 saturated carbocycles. The van der Waals surface area contributed by atoms with Crippen LogP contribution in [0.4, 0.5) is 10.8 Å². The van der Waals surface area contributed by atoms with Crippen LogP contribution in [0.15, 0.2) is 88.3 Å². The highest BCUT2D eigenvalue weighted by molar-refractivity contribution is 7.14. The van der Waals surface area contributed by atoms with E-state index in [1.54, 1.807) is 17.0 Å². The van der Waals surface area contributed by atoms with Gasteiger partial charge in [0.2, 0.25) is 11.0 Å². The van der Waals surface area contributed by atoms with Crippen LogP contribution in [0, 0.1) is 5.92 Å². The summed E-state index contributed by atoms with van der Waals surface area (Å²) < 4.78 is 0. The molecule has 2 N–H and O–H groups in total. The zero-order valence-electron chi connectivity index (χ0n) is 16.7. The Balaban J connectivity index is 1.35. The number of carbonyl (C=O) groups is 1. The van der Waals surface area contributed by atoms with Crippen LogP contribution in [0.2, 0.25) is 0 Å².